The summed E-state index contributed by atoms with van der Waals surface area (Å²) in [6, 6.07) is 9.33. The Kier molecular flexibility index (Phi) is 3.65. The van der Waals surface area contributed by atoms with Gasteiger partial charge in [0.25, 0.3) is 5.89 Å². The summed E-state index contributed by atoms with van der Waals surface area (Å²) in [6.07, 6.45) is -4.62. The van der Waals surface area contributed by atoms with Gasteiger partial charge in [-0.1, -0.05) is 12.1 Å². The van der Waals surface area contributed by atoms with Crippen molar-refractivity contribution >= 4 is 0 Å². The molecule has 3 heterocycles. The molecule has 2 aromatic heterocycles. The molecule has 0 amide bonds. The van der Waals surface area contributed by atoms with E-state index < -0.39 is 11.7 Å². The maximum Gasteiger partial charge on any atom is 0.416 e. The molecule has 128 valence electrons. The van der Waals surface area contributed by atoms with E-state index in [0.29, 0.717) is 18.2 Å². The van der Waals surface area contributed by atoms with Crippen molar-refractivity contribution in [2.45, 2.75) is 12.3 Å². The van der Waals surface area contributed by atoms with Crippen molar-refractivity contribution in [1.29, 1.82) is 0 Å². The molecule has 1 unspecified atom stereocenters. The molecule has 1 aliphatic heterocycles. The number of pyridine rings is 1. The van der Waals surface area contributed by atoms with Gasteiger partial charge in [-0.3, -0.25) is 0 Å². The van der Waals surface area contributed by atoms with E-state index in [9.17, 15) is 13.2 Å². The fourth-order valence-electron chi connectivity index (χ4n) is 2.11. The van der Waals surface area contributed by atoms with Gasteiger partial charge in [0.1, 0.15) is 11.4 Å². The fourth-order valence-corrected chi connectivity index (χ4v) is 2.11. The second-order valence-corrected chi connectivity index (χ2v) is 5.26. The molecule has 0 bridgehead atoms. The van der Waals surface area contributed by atoms with E-state index in [1.807, 2.05) is 0 Å². The highest BCUT2D eigenvalue weighted by atomic mass is 19.4. The Balaban J connectivity index is 1.57. The lowest BCUT2D eigenvalue weighted by molar-refractivity contribution is -0.137. The van der Waals surface area contributed by atoms with Crippen LogP contribution in [0, 0.1) is 0 Å². The number of aromatic nitrogens is 3. The SMILES string of the molecule is FC(F)(F)c1cccc(Oc2cccc(-c3nnc(C4CO4)o3)n2)c1. The van der Waals surface area contributed by atoms with Crippen molar-refractivity contribution in [3.05, 3.63) is 53.9 Å². The summed E-state index contributed by atoms with van der Waals surface area (Å²) in [5.41, 5.74) is -0.448. The molecule has 1 aromatic carbocycles. The van der Waals surface area contributed by atoms with E-state index in [1.54, 1.807) is 12.1 Å². The van der Waals surface area contributed by atoms with Crippen LogP contribution in [0.2, 0.25) is 0 Å². The molecule has 0 spiro atoms. The van der Waals surface area contributed by atoms with Crippen LogP contribution in [-0.4, -0.2) is 21.8 Å². The average Bonchev–Trinajstić information content (AvgIpc) is 3.32. The fraction of sp³-hybridized carbons (Fsp3) is 0.188. The highest BCUT2D eigenvalue weighted by Gasteiger charge is 2.32. The van der Waals surface area contributed by atoms with Crippen LogP contribution in [0.5, 0.6) is 11.6 Å². The van der Waals surface area contributed by atoms with E-state index in [1.165, 1.54) is 18.2 Å². The number of ether oxygens (including phenoxy) is 2. The van der Waals surface area contributed by atoms with Crippen LogP contribution in [0.15, 0.2) is 46.9 Å². The van der Waals surface area contributed by atoms with E-state index in [0.717, 1.165) is 12.1 Å². The number of hydrogen-bond donors (Lipinski definition) is 0. The van der Waals surface area contributed by atoms with E-state index in [-0.39, 0.29) is 23.6 Å². The van der Waals surface area contributed by atoms with Gasteiger partial charge >= 0.3 is 6.18 Å². The molecule has 1 fully saturated rings. The van der Waals surface area contributed by atoms with Gasteiger partial charge in [0.05, 0.1) is 12.2 Å². The first-order valence-electron chi connectivity index (χ1n) is 7.26. The number of rotatable bonds is 4. The summed E-state index contributed by atoms with van der Waals surface area (Å²) < 4.78 is 54.2. The molecule has 1 aliphatic rings. The standard InChI is InChI=1S/C16H10F3N3O3/c17-16(18,19)9-3-1-4-10(7-9)24-13-6-2-5-11(20-13)14-21-22-15(25-14)12-8-23-12/h1-7,12H,8H2. The second kappa shape index (κ2) is 5.85. The number of hydrogen-bond acceptors (Lipinski definition) is 6. The molecule has 9 heteroatoms. The lowest BCUT2D eigenvalue weighted by atomic mass is 10.2. The van der Waals surface area contributed by atoms with Crippen LogP contribution in [0.3, 0.4) is 0 Å². The average molecular weight is 349 g/mol. The molecule has 1 saturated heterocycles. The van der Waals surface area contributed by atoms with Crippen molar-refractivity contribution in [3.8, 4) is 23.2 Å². The number of nitrogens with zero attached hydrogens (tertiary/aromatic N) is 3. The second-order valence-electron chi connectivity index (χ2n) is 5.26. The third-order valence-electron chi connectivity index (χ3n) is 3.38. The Morgan fingerprint density at radius 3 is 2.64 bits per heavy atom. The van der Waals surface area contributed by atoms with Gasteiger partial charge in [0.15, 0.2) is 6.10 Å². The molecular formula is C16H10F3N3O3. The molecule has 0 radical (unpaired) electrons. The first kappa shape index (κ1) is 15.6. The van der Waals surface area contributed by atoms with Gasteiger partial charge in [0, 0.05) is 6.07 Å². The van der Waals surface area contributed by atoms with Gasteiger partial charge in [-0.15, -0.1) is 10.2 Å². The lowest BCUT2D eigenvalue weighted by Gasteiger charge is -2.09. The van der Waals surface area contributed by atoms with Crippen molar-refractivity contribution in [2.75, 3.05) is 6.61 Å². The van der Waals surface area contributed by atoms with E-state index >= 15 is 0 Å². The molecule has 3 aromatic rings. The molecular weight excluding hydrogens is 339 g/mol. The largest absolute Gasteiger partial charge is 0.439 e. The van der Waals surface area contributed by atoms with E-state index in [4.69, 9.17) is 13.9 Å². The Labute approximate surface area is 139 Å². The van der Waals surface area contributed by atoms with Crippen LogP contribution in [0.25, 0.3) is 11.6 Å². The molecule has 0 N–H and O–H groups in total. The van der Waals surface area contributed by atoms with Gasteiger partial charge < -0.3 is 13.9 Å². The molecule has 25 heavy (non-hydrogen) atoms. The highest BCUT2D eigenvalue weighted by molar-refractivity contribution is 5.47. The number of halogens is 3. The Morgan fingerprint density at radius 1 is 1.08 bits per heavy atom. The Bertz CT molecular complexity index is 907. The third-order valence-corrected chi connectivity index (χ3v) is 3.38. The summed E-state index contributed by atoms with van der Waals surface area (Å²) in [5, 5.41) is 7.74. The summed E-state index contributed by atoms with van der Waals surface area (Å²) in [7, 11) is 0. The minimum absolute atomic E-state index is 0.0251. The topological polar surface area (TPSA) is 73.6 Å². The van der Waals surface area contributed by atoms with E-state index in [2.05, 4.69) is 15.2 Å². The zero-order chi connectivity index (χ0) is 17.4. The van der Waals surface area contributed by atoms with Crippen LogP contribution in [0.4, 0.5) is 13.2 Å². The third kappa shape index (κ3) is 3.45. The van der Waals surface area contributed by atoms with Gasteiger partial charge in [-0.25, -0.2) is 4.98 Å². The molecule has 6 nitrogen and oxygen atoms in total. The Morgan fingerprint density at radius 2 is 1.88 bits per heavy atom. The molecule has 0 saturated carbocycles. The maximum absolute atomic E-state index is 12.8. The lowest BCUT2D eigenvalue weighted by Crippen LogP contribution is -2.04. The molecule has 4 rings (SSSR count). The van der Waals surface area contributed by atoms with Crippen molar-refractivity contribution in [1.82, 2.24) is 15.2 Å². The smallest absolute Gasteiger partial charge is 0.416 e. The quantitative estimate of drug-likeness (QED) is 0.663. The minimum atomic E-state index is -4.44. The summed E-state index contributed by atoms with van der Waals surface area (Å²) in [5.74, 6) is 0.678. The first-order chi connectivity index (χ1) is 12.0. The summed E-state index contributed by atoms with van der Waals surface area (Å²) in [4.78, 5) is 4.18. The maximum atomic E-state index is 12.8. The van der Waals surface area contributed by atoms with Crippen LogP contribution in [-0.2, 0) is 10.9 Å². The predicted molar refractivity (Wildman–Crippen MR) is 77.7 cm³/mol. The van der Waals surface area contributed by atoms with Crippen LogP contribution < -0.4 is 4.74 Å². The zero-order valence-corrected chi connectivity index (χ0v) is 12.5. The normalized spacial score (nSPS) is 16.7. The van der Waals surface area contributed by atoms with Crippen molar-refractivity contribution in [3.63, 3.8) is 0 Å². The van der Waals surface area contributed by atoms with Gasteiger partial charge in [-0.05, 0) is 24.3 Å². The van der Waals surface area contributed by atoms with Crippen molar-refractivity contribution < 1.29 is 27.1 Å². The number of benzene rings is 1. The van der Waals surface area contributed by atoms with Crippen molar-refractivity contribution in [2.24, 2.45) is 0 Å². The summed E-state index contributed by atoms with van der Waals surface area (Å²) in [6.45, 7) is 0.535. The van der Waals surface area contributed by atoms with Crippen LogP contribution >= 0.6 is 0 Å². The van der Waals surface area contributed by atoms with Gasteiger partial charge in [-0.2, -0.15) is 13.2 Å². The first-order valence-corrected chi connectivity index (χ1v) is 7.26. The zero-order valence-electron chi connectivity index (χ0n) is 12.5. The Hall–Kier alpha value is -2.94. The van der Waals surface area contributed by atoms with Crippen LogP contribution in [0.1, 0.15) is 17.6 Å². The highest BCUT2D eigenvalue weighted by Crippen LogP contribution is 2.33. The minimum Gasteiger partial charge on any atom is -0.439 e. The number of alkyl halides is 3. The monoisotopic (exact) mass is 349 g/mol. The number of epoxide rings is 1. The molecule has 0 aliphatic carbocycles. The predicted octanol–water partition coefficient (Wildman–Crippen LogP) is 4.01. The summed E-state index contributed by atoms with van der Waals surface area (Å²) >= 11 is 0. The molecule has 1 atom stereocenters. The van der Waals surface area contributed by atoms with Gasteiger partial charge in [0.2, 0.25) is 11.8 Å².